The highest BCUT2D eigenvalue weighted by molar-refractivity contribution is 8.13. The Bertz CT molecular complexity index is 488. The zero-order valence-electron chi connectivity index (χ0n) is 11.1. The molecule has 1 rings (SSSR count). The third-order valence-electron chi connectivity index (χ3n) is 2.57. The molecule has 0 spiro atoms. The van der Waals surface area contributed by atoms with Crippen LogP contribution in [0.1, 0.15) is 24.2 Å². The van der Waals surface area contributed by atoms with Crippen molar-refractivity contribution >= 4 is 46.0 Å². The number of amidine groups is 1. The lowest BCUT2D eigenvalue weighted by atomic mass is 10.2. The Morgan fingerprint density at radius 3 is 2.47 bits per heavy atom. The van der Waals surface area contributed by atoms with Gasteiger partial charge >= 0.3 is 0 Å². The van der Waals surface area contributed by atoms with E-state index < -0.39 is 0 Å². The number of halogens is 2. The summed E-state index contributed by atoms with van der Waals surface area (Å²) in [4.78, 5) is 18.3. The molecule has 0 saturated carbocycles. The summed E-state index contributed by atoms with van der Waals surface area (Å²) in [6, 6.07) is 4.78. The third kappa shape index (κ3) is 4.41. The Hall–Kier alpha value is -0.710. The first-order valence-electron chi connectivity index (χ1n) is 5.90. The quantitative estimate of drug-likeness (QED) is 0.618. The van der Waals surface area contributed by atoms with Crippen molar-refractivity contribution in [3.8, 4) is 0 Å². The van der Waals surface area contributed by atoms with Crippen LogP contribution in [0.2, 0.25) is 10.0 Å². The molecule has 0 aliphatic carbocycles. The average Bonchev–Trinajstić information content (AvgIpc) is 2.41. The summed E-state index contributed by atoms with van der Waals surface area (Å²) in [6.07, 6.45) is 1.89. The molecule has 0 fully saturated rings. The second kappa shape index (κ2) is 7.78. The van der Waals surface area contributed by atoms with Crippen molar-refractivity contribution < 1.29 is 4.79 Å². The molecule has 3 nitrogen and oxygen atoms in total. The van der Waals surface area contributed by atoms with Crippen molar-refractivity contribution in [3.63, 3.8) is 0 Å². The van der Waals surface area contributed by atoms with E-state index in [0.717, 1.165) is 13.1 Å². The lowest BCUT2D eigenvalue weighted by Crippen LogP contribution is -2.28. The maximum atomic E-state index is 12.2. The van der Waals surface area contributed by atoms with Crippen LogP contribution < -0.4 is 0 Å². The second-order valence-electron chi connectivity index (χ2n) is 3.70. The molecule has 0 aromatic heterocycles. The highest BCUT2D eigenvalue weighted by atomic mass is 35.5. The van der Waals surface area contributed by atoms with Gasteiger partial charge in [-0.1, -0.05) is 35.0 Å². The number of hydrogen-bond donors (Lipinski definition) is 0. The number of carbonyl (C=O) groups excluding carboxylic acids is 1. The van der Waals surface area contributed by atoms with Gasteiger partial charge in [0.05, 0.1) is 10.6 Å². The largest absolute Gasteiger partial charge is 0.352 e. The topological polar surface area (TPSA) is 32.7 Å². The molecule has 0 radical (unpaired) electrons. The van der Waals surface area contributed by atoms with Gasteiger partial charge in [-0.3, -0.25) is 4.79 Å². The summed E-state index contributed by atoms with van der Waals surface area (Å²) in [5.74, 6) is -0.372. The standard InChI is InChI=1S/C13H16Cl2N2OS/c1-4-17(5-2)13(19-3)16-12(18)10-8-9(14)6-7-11(10)15/h6-8H,4-5H2,1-3H3. The normalized spacial score (nSPS) is 11.5. The minimum Gasteiger partial charge on any atom is -0.352 e. The minimum atomic E-state index is -0.372. The van der Waals surface area contributed by atoms with Gasteiger partial charge in [-0.25, -0.2) is 0 Å². The number of thioether (sulfide) groups is 1. The maximum absolute atomic E-state index is 12.2. The van der Waals surface area contributed by atoms with Crippen molar-refractivity contribution in [1.29, 1.82) is 0 Å². The fourth-order valence-electron chi connectivity index (χ4n) is 1.55. The van der Waals surface area contributed by atoms with Crippen LogP contribution in [0, 0.1) is 0 Å². The molecule has 0 aliphatic heterocycles. The molecular formula is C13H16Cl2N2OS. The SMILES string of the molecule is CCN(CC)C(=NC(=O)c1cc(Cl)ccc1Cl)SC. The molecule has 0 N–H and O–H groups in total. The van der Waals surface area contributed by atoms with Crippen LogP contribution in [-0.4, -0.2) is 35.3 Å². The molecule has 104 valence electrons. The molecular weight excluding hydrogens is 303 g/mol. The molecule has 0 atom stereocenters. The van der Waals surface area contributed by atoms with E-state index in [1.54, 1.807) is 12.1 Å². The van der Waals surface area contributed by atoms with Crippen molar-refractivity contribution in [2.24, 2.45) is 4.99 Å². The van der Waals surface area contributed by atoms with Crippen LogP contribution in [0.3, 0.4) is 0 Å². The Morgan fingerprint density at radius 1 is 1.32 bits per heavy atom. The maximum Gasteiger partial charge on any atom is 0.280 e. The second-order valence-corrected chi connectivity index (χ2v) is 5.32. The van der Waals surface area contributed by atoms with Gasteiger partial charge in [-0.2, -0.15) is 4.99 Å². The van der Waals surface area contributed by atoms with Crippen molar-refractivity contribution in [2.45, 2.75) is 13.8 Å². The number of amides is 1. The van der Waals surface area contributed by atoms with Gasteiger partial charge in [0.1, 0.15) is 0 Å². The molecule has 1 aromatic rings. The summed E-state index contributed by atoms with van der Waals surface area (Å²) in [5, 5.41) is 1.51. The monoisotopic (exact) mass is 318 g/mol. The fourth-order valence-corrected chi connectivity index (χ4v) is 2.61. The lowest BCUT2D eigenvalue weighted by molar-refractivity contribution is 0.100. The Morgan fingerprint density at radius 2 is 1.95 bits per heavy atom. The average molecular weight is 319 g/mol. The Labute approximate surface area is 128 Å². The molecule has 1 amide bonds. The van der Waals surface area contributed by atoms with Crippen LogP contribution >= 0.6 is 35.0 Å². The number of nitrogens with zero attached hydrogens (tertiary/aromatic N) is 2. The Balaban J connectivity index is 3.08. The van der Waals surface area contributed by atoms with Gasteiger partial charge in [-0.05, 0) is 38.3 Å². The van der Waals surface area contributed by atoms with E-state index in [0.29, 0.717) is 20.8 Å². The molecule has 0 saturated heterocycles. The molecule has 0 heterocycles. The highest BCUT2D eigenvalue weighted by Crippen LogP contribution is 2.22. The van der Waals surface area contributed by atoms with E-state index in [1.807, 2.05) is 25.0 Å². The summed E-state index contributed by atoms with van der Waals surface area (Å²) >= 11 is 13.3. The minimum absolute atomic E-state index is 0.327. The molecule has 19 heavy (non-hydrogen) atoms. The summed E-state index contributed by atoms with van der Waals surface area (Å²) < 4.78 is 0. The van der Waals surface area contributed by atoms with Gasteiger partial charge in [0.15, 0.2) is 5.17 Å². The van der Waals surface area contributed by atoms with Crippen LogP contribution in [0.5, 0.6) is 0 Å². The van der Waals surface area contributed by atoms with E-state index in [2.05, 4.69) is 4.99 Å². The third-order valence-corrected chi connectivity index (χ3v) is 3.85. The van der Waals surface area contributed by atoms with E-state index >= 15 is 0 Å². The van der Waals surface area contributed by atoms with Gasteiger partial charge < -0.3 is 4.90 Å². The van der Waals surface area contributed by atoms with Gasteiger partial charge in [0.2, 0.25) is 0 Å². The molecule has 0 bridgehead atoms. The summed E-state index contributed by atoms with van der Waals surface area (Å²) in [5.41, 5.74) is 0.327. The molecule has 0 unspecified atom stereocenters. The number of aliphatic imine (C=N–C) groups is 1. The zero-order valence-corrected chi connectivity index (χ0v) is 13.4. The first kappa shape index (κ1) is 16.3. The van der Waals surface area contributed by atoms with Crippen molar-refractivity contribution in [3.05, 3.63) is 33.8 Å². The predicted octanol–water partition coefficient (Wildman–Crippen LogP) is 4.19. The van der Waals surface area contributed by atoms with Crippen molar-refractivity contribution in [2.75, 3.05) is 19.3 Å². The Kier molecular flexibility index (Phi) is 6.69. The lowest BCUT2D eigenvalue weighted by Gasteiger charge is -2.20. The van der Waals surface area contributed by atoms with Crippen LogP contribution in [0.15, 0.2) is 23.2 Å². The zero-order chi connectivity index (χ0) is 14.4. The fraction of sp³-hybridized carbons (Fsp3) is 0.385. The van der Waals surface area contributed by atoms with Crippen LogP contribution in [0.4, 0.5) is 0 Å². The summed E-state index contributed by atoms with van der Waals surface area (Å²) in [6.45, 7) is 5.64. The summed E-state index contributed by atoms with van der Waals surface area (Å²) in [7, 11) is 0. The molecule has 0 aliphatic rings. The number of hydrogen-bond acceptors (Lipinski definition) is 2. The smallest absolute Gasteiger partial charge is 0.280 e. The van der Waals surface area contributed by atoms with Gasteiger partial charge in [-0.15, -0.1) is 0 Å². The predicted molar refractivity (Wildman–Crippen MR) is 84.7 cm³/mol. The highest BCUT2D eigenvalue weighted by Gasteiger charge is 2.13. The molecule has 1 aromatic carbocycles. The number of carbonyl (C=O) groups is 1. The van der Waals surface area contributed by atoms with Crippen LogP contribution in [-0.2, 0) is 0 Å². The van der Waals surface area contributed by atoms with Crippen LogP contribution in [0.25, 0.3) is 0 Å². The first-order valence-corrected chi connectivity index (χ1v) is 7.88. The van der Waals surface area contributed by atoms with E-state index in [-0.39, 0.29) is 5.91 Å². The van der Waals surface area contributed by atoms with Gasteiger partial charge in [0, 0.05) is 18.1 Å². The van der Waals surface area contributed by atoms with E-state index in [4.69, 9.17) is 23.2 Å². The van der Waals surface area contributed by atoms with E-state index in [1.165, 1.54) is 17.8 Å². The van der Waals surface area contributed by atoms with E-state index in [9.17, 15) is 4.79 Å². The first-order chi connectivity index (χ1) is 9.03. The number of benzene rings is 1. The van der Waals surface area contributed by atoms with Crippen molar-refractivity contribution in [1.82, 2.24) is 4.90 Å². The van der Waals surface area contributed by atoms with Gasteiger partial charge in [0.25, 0.3) is 5.91 Å². The number of rotatable bonds is 3. The molecule has 6 heteroatoms.